The van der Waals surface area contributed by atoms with Crippen molar-refractivity contribution in [2.24, 2.45) is 0 Å². The molecule has 0 fully saturated rings. The van der Waals surface area contributed by atoms with E-state index in [1.165, 1.54) is 18.0 Å². The van der Waals surface area contributed by atoms with Gasteiger partial charge in [-0.2, -0.15) is 10.1 Å². The predicted molar refractivity (Wildman–Crippen MR) is 91.7 cm³/mol. The van der Waals surface area contributed by atoms with Gasteiger partial charge >= 0.3 is 0 Å². The summed E-state index contributed by atoms with van der Waals surface area (Å²) in [6, 6.07) is 12.8. The highest BCUT2D eigenvalue weighted by Crippen LogP contribution is 2.40. The normalized spacial score (nSPS) is 19.6. The van der Waals surface area contributed by atoms with Crippen molar-refractivity contribution in [3.05, 3.63) is 76.3 Å². The van der Waals surface area contributed by atoms with Crippen molar-refractivity contribution in [3.8, 4) is 0 Å². The summed E-state index contributed by atoms with van der Waals surface area (Å²) >= 11 is 6.29. The van der Waals surface area contributed by atoms with Crippen molar-refractivity contribution >= 4 is 17.5 Å². The van der Waals surface area contributed by atoms with Crippen LogP contribution in [0.5, 0.6) is 0 Å². The highest BCUT2D eigenvalue weighted by Gasteiger charge is 2.32. The topological polar surface area (TPSA) is 42.7 Å². The molecule has 2 heterocycles. The molecule has 0 saturated heterocycles. The molecule has 2 aromatic carbocycles. The predicted octanol–water partition coefficient (Wildman–Crippen LogP) is 4.53. The summed E-state index contributed by atoms with van der Waals surface area (Å²) < 4.78 is 16.2. The lowest BCUT2D eigenvalue weighted by Gasteiger charge is -2.32. The minimum Gasteiger partial charge on any atom is -0.348 e. The van der Waals surface area contributed by atoms with Crippen LogP contribution in [0.1, 0.15) is 35.2 Å². The number of hydrogen-bond acceptors (Lipinski definition) is 3. The molecule has 3 aromatic rings. The largest absolute Gasteiger partial charge is 0.348 e. The van der Waals surface area contributed by atoms with Gasteiger partial charge < -0.3 is 5.32 Å². The van der Waals surface area contributed by atoms with E-state index in [0.29, 0.717) is 23.0 Å². The third-order valence-corrected chi connectivity index (χ3v) is 4.77. The van der Waals surface area contributed by atoms with Gasteiger partial charge in [0.25, 0.3) is 0 Å². The van der Waals surface area contributed by atoms with Crippen molar-refractivity contribution in [1.82, 2.24) is 14.8 Å². The summed E-state index contributed by atoms with van der Waals surface area (Å²) in [6.45, 7) is 2.05. The Hall–Kier alpha value is -2.40. The first-order valence-corrected chi connectivity index (χ1v) is 8.18. The molecule has 2 atom stereocenters. The molecule has 0 unspecified atom stereocenters. The SMILES string of the molecule is Cc1ccc([C@@H]2C[C@H](c3c(F)cccc3Cl)n3ncnc3N2)cc1. The van der Waals surface area contributed by atoms with Crippen LogP contribution in [0.25, 0.3) is 0 Å². The molecule has 1 aromatic heterocycles. The number of rotatable bonds is 2. The molecule has 1 N–H and O–H groups in total. The Labute approximate surface area is 144 Å². The molecule has 0 amide bonds. The second kappa shape index (κ2) is 5.91. The second-order valence-corrected chi connectivity index (χ2v) is 6.43. The van der Waals surface area contributed by atoms with Gasteiger partial charge in [0.1, 0.15) is 12.1 Å². The minimum absolute atomic E-state index is 0.0166. The van der Waals surface area contributed by atoms with E-state index >= 15 is 0 Å². The van der Waals surface area contributed by atoms with Crippen LogP contribution >= 0.6 is 11.6 Å². The molecule has 0 aliphatic carbocycles. The zero-order valence-corrected chi connectivity index (χ0v) is 13.8. The highest BCUT2D eigenvalue weighted by atomic mass is 35.5. The molecule has 1 aliphatic rings. The number of fused-ring (bicyclic) bond motifs is 1. The lowest BCUT2D eigenvalue weighted by Crippen LogP contribution is -2.28. The quantitative estimate of drug-likeness (QED) is 0.744. The van der Waals surface area contributed by atoms with Gasteiger partial charge in [-0.1, -0.05) is 47.5 Å². The van der Waals surface area contributed by atoms with Crippen molar-refractivity contribution in [1.29, 1.82) is 0 Å². The maximum absolute atomic E-state index is 14.5. The fraction of sp³-hybridized carbons (Fsp3) is 0.222. The number of nitrogens with zero attached hydrogens (tertiary/aromatic N) is 3. The molecule has 0 saturated carbocycles. The molecular weight excluding hydrogens is 327 g/mol. The third-order valence-electron chi connectivity index (χ3n) is 4.44. The Morgan fingerprint density at radius 1 is 1.21 bits per heavy atom. The van der Waals surface area contributed by atoms with Crippen LogP contribution in [0, 0.1) is 12.7 Å². The molecule has 24 heavy (non-hydrogen) atoms. The number of nitrogens with one attached hydrogen (secondary N) is 1. The Morgan fingerprint density at radius 3 is 2.75 bits per heavy atom. The van der Waals surface area contributed by atoms with Crippen LogP contribution in [-0.2, 0) is 0 Å². The molecule has 6 heteroatoms. The second-order valence-electron chi connectivity index (χ2n) is 6.02. The maximum Gasteiger partial charge on any atom is 0.222 e. The standard InChI is InChI=1S/C18H16ClFN4/c1-11-5-7-12(8-6-11)15-9-16(24-18(23-15)21-10-22-24)17-13(19)3-2-4-14(17)20/h2-8,10,15-16H,9H2,1H3,(H,21,22,23)/t15-,16+/m0/s1. The lowest BCUT2D eigenvalue weighted by molar-refractivity contribution is 0.416. The number of halogens is 2. The average Bonchev–Trinajstić information content (AvgIpc) is 3.04. The van der Waals surface area contributed by atoms with Crippen LogP contribution < -0.4 is 5.32 Å². The van der Waals surface area contributed by atoms with Crippen molar-refractivity contribution in [2.75, 3.05) is 5.32 Å². The van der Waals surface area contributed by atoms with Gasteiger partial charge in [-0.05, 0) is 31.0 Å². The average molecular weight is 343 g/mol. The van der Waals surface area contributed by atoms with E-state index in [1.807, 2.05) is 0 Å². The number of aromatic nitrogens is 3. The van der Waals surface area contributed by atoms with E-state index < -0.39 is 0 Å². The summed E-state index contributed by atoms with van der Waals surface area (Å²) in [5.74, 6) is 0.301. The highest BCUT2D eigenvalue weighted by molar-refractivity contribution is 6.31. The summed E-state index contributed by atoms with van der Waals surface area (Å²) in [5.41, 5.74) is 2.79. The van der Waals surface area contributed by atoms with Gasteiger partial charge in [0.05, 0.1) is 12.1 Å². The molecule has 1 aliphatic heterocycles. The molecule has 122 valence electrons. The summed E-state index contributed by atoms with van der Waals surface area (Å²) in [4.78, 5) is 4.26. The smallest absolute Gasteiger partial charge is 0.222 e. The Balaban J connectivity index is 1.78. The monoisotopic (exact) mass is 342 g/mol. The zero-order chi connectivity index (χ0) is 16.7. The first-order chi connectivity index (χ1) is 11.6. The third kappa shape index (κ3) is 2.55. The van der Waals surface area contributed by atoms with E-state index in [0.717, 1.165) is 5.56 Å². The first kappa shape index (κ1) is 15.1. The van der Waals surface area contributed by atoms with Gasteiger partial charge in [0.2, 0.25) is 5.95 Å². The van der Waals surface area contributed by atoms with Gasteiger partial charge in [0.15, 0.2) is 0 Å². The lowest BCUT2D eigenvalue weighted by atomic mass is 9.92. The Morgan fingerprint density at radius 2 is 2.00 bits per heavy atom. The van der Waals surface area contributed by atoms with Gasteiger partial charge in [-0.15, -0.1) is 0 Å². The van der Waals surface area contributed by atoms with Gasteiger partial charge in [0, 0.05) is 10.6 Å². The maximum atomic E-state index is 14.5. The fourth-order valence-corrected chi connectivity index (χ4v) is 3.50. The van der Waals surface area contributed by atoms with Crippen molar-refractivity contribution in [3.63, 3.8) is 0 Å². The zero-order valence-electron chi connectivity index (χ0n) is 13.1. The summed E-state index contributed by atoms with van der Waals surface area (Å²) in [6.07, 6.45) is 2.11. The van der Waals surface area contributed by atoms with Gasteiger partial charge in [-0.25, -0.2) is 9.07 Å². The van der Waals surface area contributed by atoms with Crippen LogP contribution in [0.3, 0.4) is 0 Å². The number of hydrogen-bond donors (Lipinski definition) is 1. The van der Waals surface area contributed by atoms with Crippen LogP contribution in [-0.4, -0.2) is 14.8 Å². The minimum atomic E-state index is -0.321. The molecule has 4 nitrogen and oxygen atoms in total. The summed E-state index contributed by atoms with van der Waals surface area (Å²) in [5, 5.41) is 8.04. The van der Waals surface area contributed by atoms with E-state index in [-0.39, 0.29) is 17.9 Å². The Kier molecular flexibility index (Phi) is 3.73. The number of anilines is 1. The van der Waals surface area contributed by atoms with Crippen LogP contribution in [0.4, 0.5) is 10.3 Å². The number of benzene rings is 2. The molecule has 0 spiro atoms. The molecule has 0 bridgehead atoms. The van der Waals surface area contributed by atoms with E-state index in [4.69, 9.17) is 11.6 Å². The van der Waals surface area contributed by atoms with Crippen molar-refractivity contribution < 1.29 is 4.39 Å². The van der Waals surface area contributed by atoms with Crippen LogP contribution in [0.2, 0.25) is 5.02 Å². The van der Waals surface area contributed by atoms with E-state index in [9.17, 15) is 4.39 Å². The summed E-state index contributed by atoms with van der Waals surface area (Å²) in [7, 11) is 0. The number of aryl methyl sites for hydroxylation is 1. The van der Waals surface area contributed by atoms with E-state index in [2.05, 4.69) is 46.6 Å². The molecular formula is C18H16ClFN4. The van der Waals surface area contributed by atoms with Crippen molar-refractivity contribution in [2.45, 2.75) is 25.4 Å². The first-order valence-electron chi connectivity index (χ1n) is 7.80. The Bertz CT molecular complexity index is 855. The molecule has 4 rings (SSSR count). The molecule has 0 radical (unpaired) electrons. The van der Waals surface area contributed by atoms with Crippen LogP contribution in [0.15, 0.2) is 48.8 Å². The van der Waals surface area contributed by atoms with E-state index in [1.54, 1.807) is 16.8 Å². The fourth-order valence-electron chi connectivity index (χ4n) is 3.21. The van der Waals surface area contributed by atoms with Gasteiger partial charge in [-0.3, -0.25) is 0 Å².